The topological polar surface area (TPSA) is 87.1 Å². The summed E-state index contributed by atoms with van der Waals surface area (Å²) in [4.78, 5) is 25.2. The molecule has 0 spiro atoms. The lowest BCUT2D eigenvalue weighted by Gasteiger charge is -2.29. The molecule has 0 saturated carbocycles. The SMILES string of the molecule is COc1ccc(N2C=C(C(=O)O)C(c3ccccc3)C(C(=O)O)=C2)cc1. The van der Waals surface area contributed by atoms with Crippen LogP contribution in [0, 0.1) is 0 Å². The van der Waals surface area contributed by atoms with Crippen LogP contribution in [0.5, 0.6) is 5.75 Å². The molecule has 26 heavy (non-hydrogen) atoms. The van der Waals surface area contributed by atoms with Crippen LogP contribution in [-0.4, -0.2) is 29.3 Å². The normalized spacial score (nSPS) is 14.4. The lowest BCUT2D eigenvalue weighted by molar-refractivity contribution is -0.133. The standard InChI is InChI=1S/C20H17NO5/c1-26-15-9-7-14(8-10-15)21-11-16(19(22)23)18(17(12-21)20(24)25)13-5-3-2-4-6-13/h2-12,18H,1H3,(H,22,23)(H,24,25). The Kier molecular flexibility index (Phi) is 4.75. The van der Waals surface area contributed by atoms with Crippen molar-refractivity contribution in [3.05, 3.63) is 83.7 Å². The van der Waals surface area contributed by atoms with Crippen LogP contribution in [0.15, 0.2) is 78.1 Å². The predicted molar refractivity (Wildman–Crippen MR) is 96.1 cm³/mol. The maximum Gasteiger partial charge on any atom is 0.334 e. The van der Waals surface area contributed by atoms with Crippen LogP contribution >= 0.6 is 0 Å². The Bertz CT molecular complexity index is 852. The summed E-state index contributed by atoms with van der Waals surface area (Å²) in [7, 11) is 1.55. The van der Waals surface area contributed by atoms with Gasteiger partial charge in [0.25, 0.3) is 0 Å². The highest BCUT2D eigenvalue weighted by Gasteiger charge is 2.34. The zero-order valence-electron chi connectivity index (χ0n) is 14.0. The van der Waals surface area contributed by atoms with E-state index in [4.69, 9.17) is 4.74 Å². The Hall–Kier alpha value is -3.54. The number of carbonyl (C=O) groups is 2. The number of anilines is 1. The quantitative estimate of drug-likeness (QED) is 0.860. The van der Waals surface area contributed by atoms with Gasteiger partial charge in [0.15, 0.2) is 0 Å². The van der Waals surface area contributed by atoms with Crippen LogP contribution in [0.1, 0.15) is 11.5 Å². The monoisotopic (exact) mass is 351 g/mol. The number of carboxylic acids is 2. The predicted octanol–water partition coefficient (Wildman–Crippen LogP) is 3.24. The van der Waals surface area contributed by atoms with Gasteiger partial charge >= 0.3 is 11.9 Å². The van der Waals surface area contributed by atoms with E-state index in [0.29, 0.717) is 17.0 Å². The molecule has 1 aliphatic heterocycles. The molecule has 132 valence electrons. The van der Waals surface area contributed by atoms with E-state index in [1.165, 1.54) is 17.3 Å². The second-order valence-electron chi connectivity index (χ2n) is 5.73. The molecule has 2 N–H and O–H groups in total. The van der Waals surface area contributed by atoms with Crippen LogP contribution in [0.25, 0.3) is 0 Å². The maximum absolute atomic E-state index is 11.8. The number of carboxylic acid groups (broad SMARTS) is 2. The average molecular weight is 351 g/mol. The summed E-state index contributed by atoms with van der Waals surface area (Å²) in [5.74, 6) is -2.52. The number of hydrogen-bond donors (Lipinski definition) is 2. The number of benzene rings is 2. The van der Waals surface area contributed by atoms with E-state index < -0.39 is 17.9 Å². The molecule has 3 rings (SSSR count). The highest BCUT2D eigenvalue weighted by molar-refractivity contribution is 5.98. The van der Waals surface area contributed by atoms with Gasteiger partial charge in [-0.15, -0.1) is 0 Å². The summed E-state index contributed by atoms with van der Waals surface area (Å²) in [6, 6.07) is 15.7. The minimum atomic E-state index is -1.16. The third-order valence-corrected chi connectivity index (χ3v) is 4.18. The second kappa shape index (κ2) is 7.14. The molecule has 6 heteroatoms. The summed E-state index contributed by atoms with van der Waals surface area (Å²) in [5, 5.41) is 19.4. The molecule has 0 unspecified atom stereocenters. The Morgan fingerprint density at radius 1 is 0.885 bits per heavy atom. The fourth-order valence-corrected chi connectivity index (χ4v) is 2.92. The van der Waals surface area contributed by atoms with Crippen LogP contribution in [-0.2, 0) is 9.59 Å². The van der Waals surface area contributed by atoms with E-state index in [0.717, 1.165) is 0 Å². The van der Waals surface area contributed by atoms with Crippen LogP contribution < -0.4 is 9.64 Å². The van der Waals surface area contributed by atoms with Gasteiger partial charge in [0.2, 0.25) is 0 Å². The number of aliphatic carboxylic acids is 2. The summed E-state index contributed by atoms with van der Waals surface area (Å²) in [5.41, 5.74) is 1.23. The molecular formula is C20H17NO5. The highest BCUT2D eigenvalue weighted by Crippen LogP contribution is 2.37. The van der Waals surface area contributed by atoms with Crippen molar-refractivity contribution in [1.82, 2.24) is 0 Å². The zero-order chi connectivity index (χ0) is 18.7. The first kappa shape index (κ1) is 17.3. The Balaban J connectivity index is 2.10. The number of nitrogens with zero attached hydrogens (tertiary/aromatic N) is 1. The fraction of sp³-hybridized carbons (Fsp3) is 0.100. The number of ether oxygens (including phenoxy) is 1. The van der Waals surface area contributed by atoms with Crippen molar-refractivity contribution in [3.8, 4) is 5.75 Å². The van der Waals surface area contributed by atoms with E-state index in [1.807, 2.05) is 0 Å². The van der Waals surface area contributed by atoms with E-state index in [9.17, 15) is 19.8 Å². The largest absolute Gasteiger partial charge is 0.497 e. The van der Waals surface area contributed by atoms with Crippen LogP contribution in [0.3, 0.4) is 0 Å². The van der Waals surface area contributed by atoms with Gasteiger partial charge in [0.05, 0.1) is 24.2 Å². The lowest BCUT2D eigenvalue weighted by Crippen LogP contribution is -2.27. The molecule has 2 aromatic rings. The van der Waals surface area contributed by atoms with Crippen LogP contribution in [0.4, 0.5) is 5.69 Å². The number of methoxy groups -OCH3 is 1. The summed E-state index contributed by atoms with van der Waals surface area (Å²) < 4.78 is 5.11. The van der Waals surface area contributed by atoms with E-state index >= 15 is 0 Å². The molecule has 2 aromatic carbocycles. The van der Waals surface area contributed by atoms with E-state index in [2.05, 4.69) is 0 Å². The Morgan fingerprint density at radius 3 is 1.88 bits per heavy atom. The molecule has 0 radical (unpaired) electrons. The third kappa shape index (κ3) is 3.30. The molecule has 0 saturated heterocycles. The second-order valence-corrected chi connectivity index (χ2v) is 5.73. The molecule has 0 fully saturated rings. The maximum atomic E-state index is 11.8. The van der Waals surface area contributed by atoms with Crippen molar-refractivity contribution in [2.24, 2.45) is 0 Å². The van der Waals surface area contributed by atoms with Crippen molar-refractivity contribution >= 4 is 17.6 Å². The van der Waals surface area contributed by atoms with Gasteiger partial charge in [0, 0.05) is 18.1 Å². The van der Waals surface area contributed by atoms with Gasteiger partial charge in [-0.1, -0.05) is 30.3 Å². The molecule has 0 aromatic heterocycles. The third-order valence-electron chi connectivity index (χ3n) is 4.18. The highest BCUT2D eigenvalue weighted by atomic mass is 16.5. The first-order valence-corrected chi connectivity index (χ1v) is 7.88. The van der Waals surface area contributed by atoms with Crippen LogP contribution in [0.2, 0.25) is 0 Å². The first-order valence-electron chi connectivity index (χ1n) is 7.88. The van der Waals surface area contributed by atoms with E-state index in [-0.39, 0.29) is 11.1 Å². The lowest BCUT2D eigenvalue weighted by atomic mass is 9.83. The molecule has 1 aliphatic rings. The minimum absolute atomic E-state index is 0.00748. The molecule has 0 atom stereocenters. The summed E-state index contributed by atoms with van der Waals surface area (Å²) >= 11 is 0. The minimum Gasteiger partial charge on any atom is -0.497 e. The number of hydrogen-bond acceptors (Lipinski definition) is 4. The van der Waals surface area contributed by atoms with Crippen molar-refractivity contribution in [1.29, 1.82) is 0 Å². The summed E-state index contributed by atoms with van der Waals surface area (Å²) in [6.45, 7) is 0. The molecule has 1 heterocycles. The van der Waals surface area contributed by atoms with Gasteiger partial charge in [0.1, 0.15) is 5.75 Å². The Morgan fingerprint density at radius 2 is 1.42 bits per heavy atom. The summed E-state index contributed by atoms with van der Waals surface area (Å²) in [6.07, 6.45) is 2.91. The molecule has 0 aliphatic carbocycles. The molecule has 0 bridgehead atoms. The first-order chi connectivity index (χ1) is 12.5. The average Bonchev–Trinajstić information content (AvgIpc) is 2.67. The van der Waals surface area contributed by atoms with Gasteiger partial charge in [-0.05, 0) is 29.8 Å². The number of rotatable bonds is 5. The molecule has 6 nitrogen and oxygen atoms in total. The van der Waals surface area contributed by atoms with Gasteiger partial charge in [-0.25, -0.2) is 9.59 Å². The zero-order valence-corrected chi connectivity index (χ0v) is 14.0. The van der Waals surface area contributed by atoms with Crippen molar-refractivity contribution in [2.45, 2.75) is 5.92 Å². The Labute approximate surface area is 150 Å². The van der Waals surface area contributed by atoms with E-state index in [1.54, 1.807) is 61.7 Å². The molecular weight excluding hydrogens is 334 g/mol. The van der Waals surface area contributed by atoms with Gasteiger partial charge in [-0.3, -0.25) is 0 Å². The van der Waals surface area contributed by atoms with Gasteiger partial charge < -0.3 is 19.8 Å². The fourth-order valence-electron chi connectivity index (χ4n) is 2.92. The molecule has 0 amide bonds. The van der Waals surface area contributed by atoms with Crippen molar-refractivity contribution in [3.63, 3.8) is 0 Å². The van der Waals surface area contributed by atoms with Crippen molar-refractivity contribution in [2.75, 3.05) is 12.0 Å². The van der Waals surface area contributed by atoms with Gasteiger partial charge in [-0.2, -0.15) is 0 Å². The smallest absolute Gasteiger partial charge is 0.334 e. The van der Waals surface area contributed by atoms with Crippen molar-refractivity contribution < 1.29 is 24.5 Å².